The lowest BCUT2D eigenvalue weighted by atomic mass is 9.84. The maximum Gasteiger partial charge on any atom is 0.126 e. The van der Waals surface area contributed by atoms with Crippen molar-refractivity contribution < 1.29 is 0 Å². The number of rotatable bonds is 4. The van der Waals surface area contributed by atoms with E-state index < -0.39 is 0 Å². The molecule has 2 saturated heterocycles. The van der Waals surface area contributed by atoms with Crippen LogP contribution in [-0.4, -0.2) is 40.6 Å². The lowest BCUT2D eigenvalue weighted by Crippen LogP contribution is -2.43. The highest BCUT2D eigenvalue weighted by Gasteiger charge is 2.41. The van der Waals surface area contributed by atoms with Gasteiger partial charge < -0.3 is 14.8 Å². The number of nitrogens with one attached hydrogen (secondary N) is 1. The summed E-state index contributed by atoms with van der Waals surface area (Å²) in [7, 11) is 4.39. The molecule has 0 aliphatic carbocycles. The van der Waals surface area contributed by atoms with Crippen LogP contribution in [0.3, 0.4) is 0 Å². The second-order valence-corrected chi connectivity index (χ2v) is 6.12. The van der Waals surface area contributed by atoms with E-state index in [1.54, 1.807) is 0 Å². The minimum Gasteiger partial charge on any atom is -0.334 e. The normalized spacial score (nSPS) is 32.7. The molecule has 4 heteroatoms. The highest BCUT2D eigenvalue weighted by molar-refractivity contribution is 5.05. The number of aryl methyl sites for hydroxylation is 1. The summed E-state index contributed by atoms with van der Waals surface area (Å²) in [6.45, 7) is 3.20. The van der Waals surface area contributed by atoms with Crippen molar-refractivity contribution in [1.82, 2.24) is 19.8 Å². The third-order valence-electron chi connectivity index (χ3n) is 5.28. The SMILES string of the molecule is CCn1ccnc1C(NC)C1CC2CCC(C1)N2C. The summed E-state index contributed by atoms with van der Waals surface area (Å²) in [5, 5.41) is 3.53. The summed E-state index contributed by atoms with van der Waals surface area (Å²) in [4.78, 5) is 7.22. The van der Waals surface area contributed by atoms with Gasteiger partial charge in [-0.1, -0.05) is 0 Å². The first-order valence-corrected chi connectivity index (χ1v) is 7.64. The molecule has 0 radical (unpaired) electrons. The molecule has 2 fully saturated rings. The molecule has 3 heterocycles. The van der Waals surface area contributed by atoms with Crippen LogP contribution in [0.25, 0.3) is 0 Å². The Bertz CT molecular complexity index is 414. The topological polar surface area (TPSA) is 33.1 Å². The van der Waals surface area contributed by atoms with Gasteiger partial charge in [0, 0.05) is 31.0 Å². The van der Waals surface area contributed by atoms with Crippen LogP contribution in [0.15, 0.2) is 12.4 Å². The third-order valence-corrected chi connectivity index (χ3v) is 5.28. The van der Waals surface area contributed by atoms with E-state index in [4.69, 9.17) is 0 Å². The van der Waals surface area contributed by atoms with Gasteiger partial charge in [0.25, 0.3) is 0 Å². The van der Waals surface area contributed by atoms with Crippen molar-refractivity contribution in [2.75, 3.05) is 14.1 Å². The van der Waals surface area contributed by atoms with Gasteiger partial charge in [-0.05, 0) is 52.6 Å². The zero-order chi connectivity index (χ0) is 13.4. The number of imidazole rings is 1. The van der Waals surface area contributed by atoms with E-state index in [0.29, 0.717) is 6.04 Å². The Morgan fingerprint density at radius 1 is 1.37 bits per heavy atom. The standard InChI is InChI=1S/C15H26N4/c1-4-19-8-7-17-15(19)14(16-2)11-9-12-5-6-13(10-11)18(12)3/h7-8,11-14,16H,4-6,9-10H2,1-3H3. The Kier molecular flexibility index (Phi) is 3.63. The fourth-order valence-corrected chi connectivity index (χ4v) is 4.17. The largest absolute Gasteiger partial charge is 0.334 e. The first-order chi connectivity index (χ1) is 9.24. The van der Waals surface area contributed by atoms with Crippen molar-refractivity contribution in [3.63, 3.8) is 0 Å². The maximum absolute atomic E-state index is 4.61. The second kappa shape index (κ2) is 5.25. The van der Waals surface area contributed by atoms with E-state index in [1.165, 1.54) is 31.5 Å². The van der Waals surface area contributed by atoms with Crippen molar-refractivity contribution in [2.45, 2.75) is 57.3 Å². The summed E-state index contributed by atoms with van der Waals surface area (Å²) in [6.07, 6.45) is 9.44. The fraction of sp³-hybridized carbons (Fsp3) is 0.800. The fourth-order valence-electron chi connectivity index (χ4n) is 4.17. The molecule has 2 bridgehead atoms. The summed E-state index contributed by atoms with van der Waals surface area (Å²) >= 11 is 0. The predicted octanol–water partition coefficient (Wildman–Crippen LogP) is 2.04. The average Bonchev–Trinajstić information content (AvgIpc) is 2.93. The Balaban J connectivity index is 1.80. The molecule has 1 aromatic rings. The van der Waals surface area contributed by atoms with Crippen LogP contribution >= 0.6 is 0 Å². The maximum atomic E-state index is 4.61. The minimum absolute atomic E-state index is 0.409. The van der Waals surface area contributed by atoms with Crippen LogP contribution in [0.2, 0.25) is 0 Å². The lowest BCUT2D eigenvalue weighted by Gasteiger charge is -2.39. The molecule has 2 aliphatic heterocycles. The average molecular weight is 262 g/mol. The van der Waals surface area contributed by atoms with Crippen molar-refractivity contribution in [1.29, 1.82) is 0 Å². The molecule has 3 unspecified atom stereocenters. The van der Waals surface area contributed by atoms with Gasteiger partial charge in [-0.3, -0.25) is 0 Å². The Morgan fingerprint density at radius 3 is 2.63 bits per heavy atom. The number of nitrogens with zero attached hydrogens (tertiary/aromatic N) is 3. The molecule has 0 aromatic carbocycles. The quantitative estimate of drug-likeness (QED) is 0.901. The predicted molar refractivity (Wildman–Crippen MR) is 77.0 cm³/mol. The van der Waals surface area contributed by atoms with Gasteiger partial charge in [0.05, 0.1) is 6.04 Å². The molecule has 0 spiro atoms. The van der Waals surface area contributed by atoms with Gasteiger partial charge in [-0.25, -0.2) is 4.98 Å². The van der Waals surface area contributed by atoms with Crippen LogP contribution in [-0.2, 0) is 6.54 Å². The number of fused-ring (bicyclic) bond motifs is 2. The van der Waals surface area contributed by atoms with Crippen molar-refractivity contribution >= 4 is 0 Å². The molecule has 4 nitrogen and oxygen atoms in total. The summed E-state index contributed by atoms with van der Waals surface area (Å²) in [5.41, 5.74) is 0. The second-order valence-electron chi connectivity index (χ2n) is 6.12. The summed E-state index contributed by atoms with van der Waals surface area (Å²) < 4.78 is 2.28. The van der Waals surface area contributed by atoms with Crippen LogP contribution in [0.4, 0.5) is 0 Å². The molecular formula is C15H26N4. The molecular weight excluding hydrogens is 236 g/mol. The molecule has 0 saturated carbocycles. The molecule has 3 atom stereocenters. The zero-order valence-electron chi connectivity index (χ0n) is 12.3. The monoisotopic (exact) mass is 262 g/mol. The third kappa shape index (κ3) is 2.21. The summed E-state index contributed by atoms with van der Waals surface area (Å²) in [6, 6.07) is 2.00. The van der Waals surface area contributed by atoms with Gasteiger partial charge in [0.2, 0.25) is 0 Å². The van der Waals surface area contributed by atoms with Gasteiger partial charge in [0.1, 0.15) is 5.82 Å². The molecule has 106 valence electrons. The molecule has 0 amide bonds. The first kappa shape index (κ1) is 13.1. The van der Waals surface area contributed by atoms with E-state index >= 15 is 0 Å². The number of piperidine rings is 1. The van der Waals surface area contributed by atoms with Crippen molar-refractivity contribution in [3.8, 4) is 0 Å². The van der Waals surface area contributed by atoms with Gasteiger partial charge in [-0.15, -0.1) is 0 Å². The smallest absolute Gasteiger partial charge is 0.126 e. The van der Waals surface area contributed by atoms with E-state index in [1.807, 2.05) is 6.20 Å². The first-order valence-electron chi connectivity index (χ1n) is 7.64. The van der Waals surface area contributed by atoms with E-state index in [-0.39, 0.29) is 0 Å². The van der Waals surface area contributed by atoms with Crippen molar-refractivity contribution in [3.05, 3.63) is 18.2 Å². The highest BCUT2D eigenvalue weighted by Crippen LogP contribution is 2.42. The minimum atomic E-state index is 0.409. The van der Waals surface area contributed by atoms with E-state index in [0.717, 1.165) is 24.5 Å². The number of hydrogen-bond acceptors (Lipinski definition) is 3. The van der Waals surface area contributed by atoms with Crippen LogP contribution < -0.4 is 5.32 Å². The lowest BCUT2D eigenvalue weighted by molar-refractivity contribution is 0.111. The molecule has 1 N–H and O–H groups in total. The number of hydrogen-bond donors (Lipinski definition) is 1. The van der Waals surface area contributed by atoms with E-state index in [2.05, 4.69) is 47.0 Å². The Morgan fingerprint density at radius 2 is 2.05 bits per heavy atom. The van der Waals surface area contributed by atoms with Crippen LogP contribution in [0.1, 0.15) is 44.5 Å². The van der Waals surface area contributed by atoms with E-state index in [9.17, 15) is 0 Å². The van der Waals surface area contributed by atoms with Crippen LogP contribution in [0, 0.1) is 5.92 Å². The molecule has 3 rings (SSSR count). The number of aromatic nitrogens is 2. The van der Waals surface area contributed by atoms with Crippen molar-refractivity contribution in [2.24, 2.45) is 5.92 Å². The summed E-state index contributed by atoms with van der Waals surface area (Å²) in [5.74, 6) is 1.95. The van der Waals surface area contributed by atoms with Gasteiger partial charge >= 0.3 is 0 Å². The molecule has 1 aromatic heterocycles. The zero-order valence-corrected chi connectivity index (χ0v) is 12.3. The van der Waals surface area contributed by atoms with Gasteiger partial charge in [-0.2, -0.15) is 0 Å². The van der Waals surface area contributed by atoms with Gasteiger partial charge in [0.15, 0.2) is 0 Å². The van der Waals surface area contributed by atoms with Crippen LogP contribution in [0.5, 0.6) is 0 Å². The highest BCUT2D eigenvalue weighted by atomic mass is 15.2. The molecule has 19 heavy (non-hydrogen) atoms. The Hall–Kier alpha value is -0.870. The molecule has 2 aliphatic rings. The Labute approximate surface area is 116 Å².